The topological polar surface area (TPSA) is 49.6 Å². The summed E-state index contributed by atoms with van der Waals surface area (Å²) >= 11 is 0. The normalized spacial score (nSPS) is 21.0. The summed E-state index contributed by atoms with van der Waals surface area (Å²) in [6, 6.07) is 7.97. The molecule has 4 heteroatoms. The Kier molecular flexibility index (Phi) is 3.87. The number of carbonyl (C=O) groups is 1. The van der Waals surface area contributed by atoms with Crippen molar-refractivity contribution in [1.29, 1.82) is 0 Å². The van der Waals surface area contributed by atoms with Crippen LogP contribution in [0.4, 0.5) is 5.69 Å². The van der Waals surface area contributed by atoms with Crippen LogP contribution in [0.3, 0.4) is 0 Å². The molecule has 1 fully saturated rings. The number of amides is 1. The lowest BCUT2D eigenvalue weighted by molar-refractivity contribution is -0.133. The molecule has 2 N–H and O–H groups in total. The maximum absolute atomic E-state index is 12.2. The largest absolute Gasteiger partial charge is 0.399 e. The van der Waals surface area contributed by atoms with E-state index in [0.717, 1.165) is 30.9 Å². The minimum atomic E-state index is 0.208. The Balaban J connectivity index is 1.94. The van der Waals surface area contributed by atoms with Crippen molar-refractivity contribution in [3.8, 4) is 0 Å². The molecule has 0 aromatic heterocycles. The summed E-state index contributed by atoms with van der Waals surface area (Å²) in [7, 11) is 2.10. The summed E-state index contributed by atoms with van der Waals surface area (Å²) in [6.45, 7) is 4.76. The Morgan fingerprint density at radius 3 is 2.61 bits per heavy atom. The number of hydrogen-bond acceptors (Lipinski definition) is 3. The summed E-state index contributed by atoms with van der Waals surface area (Å²) < 4.78 is 0. The number of nitrogens with zero attached hydrogens (tertiary/aromatic N) is 2. The third-order valence-electron chi connectivity index (χ3n) is 3.65. The molecule has 1 heterocycles. The van der Waals surface area contributed by atoms with Crippen LogP contribution in [0.25, 0.3) is 0 Å². The number of benzene rings is 1. The lowest BCUT2D eigenvalue weighted by Gasteiger charge is -2.37. The number of nitrogen functional groups attached to an aromatic ring is 1. The highest BCUT2D eigenvalue weighted by Crippen LogP contribution is 2.11. The molecule has 0 aliphatic carbocycles. The van der Waals surface area contributed by atoms with Gasteiger partial charge in [0.05, 0.1) is 6.42 Å². The number of nitrogens with two attached hydrogens (primary N) is 1. The molecule has 1 aromatic carbocycles. The first-order valence-corrected chi connectivity index (χ1v) is 6.38. The Hall–Kier alpha value is -1.55. The van der Waals surface area contributed by atoms with Crippen LogP contribution in [0.15, 0.2) is 24.3 Å². The zero-order chi connectivity index (χ0) is 13.1. The fourth-order valence-electron chi connectivity index (χ4n) is 2.20. The highest BCUT2D eigenvalue weighted by atomic mass is 16.2. The van der Waals surface area contributed by atoms with E-state index in [4.69, 9.17) is 5.73 Å². The van der Waals surface area contributed by atoms with Crippen LogP contribution in [0.5, 0.6) is 0 Å². The number of rotatable bonds is 2. The van der Waals surface area contributed by atoms with Gasteiger partial charge in [0.2, 0.25) is 5.91 Å². The molecule has 18 heavy (non-hydrogen) atoms. The molecule has 0 bridgehead atoms. The van der Waals surface area contributed by atoms with Crippen LogP contribution in [0.1, 0.15) is 12.5 Å². The van der Waals surface area contributed by atoms with Crippen LogP contribution in [-0.2, 0) is 11.2 Å². The molecule has 1 aliphatic rings. The maximum atomic E-state index is 12.2. The molecule has 4 nitrogen and oxygen atoms in total. The van der Waals surface area contributed by atoms with Crippen LogP contribution < -0.4 is 5.73 Å². The first kappa shape index (κ1) is 12.9. The summed E-state index contributed by atoms with van der Waals surface area (Å²) in [5.74, 6) is 0.208. The van der Waals surface area contributed by atoms with E-state index in [9.17, 15) is 4.79 Å². The first-order valence-electron chi connectivity index (χ1n) is 6.38. The molecule has 1 saturated heterocycles. The molecule has 1 aliphatic heterocycles. The molecule has 0 radical (unpaired) electrons. The maximum Gasteiger partial charge on any atom is 0.227 e. The van der Waals surface area contributed by atoms with Crippen LogP contribution in [0.2, 0.25) is 0 Å². The van der Waals surface area contributed by atoms with Gasteiger partial charge in [-0.25, -0.2) is 0 Å². The Morgan fingerprint density at radius 1 is 1.33 bits per heavy atom. The average molecular weight is 247 g/mol. The smallest absolute Gasteiger partial charge is 0.227 e. The second kappa shape index (κ2) is 5.40. The van der Waals surface area contributed by atoms with Gasteiger partial charge in [-0.15, -0.1) is 0 Å². The van der Waals surface area contributed by atoms with Gasteiger partial charge in [0.25, 0.3) is 0 Å². The third-order valence-corrected chi connectivity index (χ3v) is 3.65. The fraction of sp³-hybridized carbons (Fsp3) is 0.500. The molecule has 1 atom stereocenters. The molecule has 1 amide bonds. The molecular weight excluding hydrogens is 226 g/mol. The van der Waals surface area contributed by atoms with Crippen molar-refractivity contribution in [3.05, 3.63) is 29.8 Å². The first-order chi connectivity index (χ1) is 8.56. The third kappa shape index (κ3) is 3.01. The van der Waals surface area contributed by atoms with Gasteiger partial charge in [-0.1, -0.05) is 12.1 Å². The molecule has 0 saturated carbocycles. The van der Waals surface area contributed by atoms with Crippen LogP contribution >= 0.6 is 0 Å². The van der Waals surface area contributed by atoms with E-state index in [1.54, 1.807) is 0 Å². The van der Waals surface area contributed by atoms with E-state index in [-0.39, 0.29) is 5.91 Å². The van der Waals surface area contributed by atoms with E-state index in [1.807, 2.05) is 29.2 Å². The van der Waals surface area contributed by atoms with Gasteiger partial charge in [0.15, 0.2) is 0 Å². The monoisotopic (exact) mass is 247 g/mol. The second-order valence-corrected chi connectivity index (χ2v) is 5.09. The fourth-order valence-corrected chi connectivity index (χ4v) is 2.20. The van der Waals surface area contributed by atoms with Crippen molar-refractivity contribution < 1.29 is 4.79 Å². The molecule has 1 aromatic rings. The minimum Gasteiger partial charge on any atom is -0.399 e. The summed E-state index contributed by atoms with van der Waals surface area (Å²) in [5.41, 5.74) is 7.40. The summed E-state index contributed by atoms with van der Waals surface area (Å²) in [6.07, 6.45) is 0.469. The highest BCUT2D eigenvalue weighted by molar-refractivity contribution is 5.79. The number of piperazine rings is 1. The molecule has 0 spiro atoms. The zero-order valence-electron chi connectivity index (χ0n) is 11.1. The Morgan fingerprint density at radius 2 is 2.00 bits per heavy atom. The van der Waals surface area contributed by atoms with Crippen molar-refractivity contribution in [2.75, 3.05) is 32.4 Å². The van der Waals surface area contributed by atoms with Gasteiger partial charge in [0.1, 0.15) is 0 Å². The van der Waals surface area contributed by atoms with E-state index in [2.05, 4.69) is 18.9 Å². The lowest BCUT2D eigenvalue weighted by atomic mass is 10.1. The van der Waals surface area contributed by atoms with Crippen molar-refractivity contribution in [3.63, 3.8) is 0 Å². The summed E-state index contributed by atoms with van der Waals surface area (Å²) in [4.78, 5) is 16.4. The second-order valence-electron chi connectivity index (χ2n) is 5.09. The Labute approximate surface area is 108 Å². The van der Waals surface area contributed by atoms with Gasteiger partial charge >= 0.3 is 0 Å². The van der Waals surface area contributed by atoms with Crippen molar-refractivity contribution >= 4 is 11.6 Å². The number of hydrogen-bond donors (Lipinski definition) is 1. The number of carbonyl (C=O) groups excluding carboxylic acids is 1. The summed E-state index contributed by atoms with van der Waals surface area (Å²) in [5, 5.41) is 0. The van der Waals surface area contributed by atoms with Crippen molar-refractivity contribution in [2.45, 2.75) is 19.4 Å². The van der Waals surface area contributed by atoms with Gasteiger partial charge in [0, 0.05) is 31.4 Å². The molecular formula is C14H21N3O. The van der Waals surface area contributed by atoms with Crippen LogP contribution in [0, 0.1) is 0 Å². The average Bonchev–Trinajstić information content (AvgIpc) is 2.35. The minimum absolute atomic E-state index is 0.208. The van der Waals surface area contributed by atoms with Gasteiger partial charge in [-0.3, -0.25) is 4.79 Å². The van der Waals surface area contributed by atoms with Gasteiger partial charge in [-0.2, -0.15) is 0 Å². The SMILES string of the molecule is CC1CN(C(=O)Cc2ccc(N)cc2)CCN1C. The van der Waals surface area contributed by atoms with E-state index < -0.39 is 0 Å². The van der Waals surface area contributed by atoms with Crippen LogP contribution in [-0.4, -0.2) is 48.4 Å². The lowest BCUT2D eigenvalue weighted by Crippen LogP contribution is -2.52. The quantitative estimate of drug-likeness (QED) is 0.792. The predicted octanol–water partition coefficient (Wildman–Crippen LogP) is 0.974. The van der Waals surface area contributed by atoms with Crippen molar-refractivity contribution in [2.24, 2.45) is 0 Å². The standard InChI is InChI=1S/C14H21N3O/c1-11-10-17(8-7-16(11)2)14(18)9-12-3-5-13(15)6-4-12/h3-6,11H,7-10,15H2,1-2H3. The highest BCUT2D eigenvalue weighted by Gasteiger charge is 2.23. The van der Waals surface area contributed by atoms with E-state index in [0.29, 0.717) is 12.5 Å². The number of anilines is 1. The van der Waals surface area contributed by atoms with E-state index >= 15 is 0 Å². The number of likely N-dealkylation sites (N-methyl/N-ethyl adjacent to an activating group) is 1. The predicted molar refractivity (Wildman–Crippen MR) is 73.2 cm³/mol. The Bertz CT molecular complexity index is 416. The van der Waals surface area contributed by atoms with E-state index in [1.165, 1.54) is 0 Å². The van der Waals surface area contributed by atoms with Gasteiger partial charge in [-0.05, 0) is 31.7 Å². The van der Waals surface area contributed by atoms with Crippen molar-refractivity contribution in [1.82, 2.24) is 9.80 Å². The zero-order valence-corrected chi connectivity index (χ0v) is 11.1. The van der Waals surface area contributed by atoms with Gasteiger partial charge < -0.3 is 15.5 Å². The molecule has 1 unspecified atom stereocenters. The molecule has 98 valence electrons. The molecule has 2 rings (SSSR count).